The topological polar surface area (TPSA) is 20.3 Å². The Morgan fingerprint density at radius 1 is 1.18 bits per heavy atom. The Morgan fingerprint density at radius 2 is 1.71 bits per heavy atom. The van der Waals surface area contributed by atoms with E-state index in [1.54, 1.807) is 4.90 Å². The average molecular weight is 252 g/mol. The van der Waals surface area contributed by atoms with Gasteiger partial charge in [0.1, 0.15) is 0 Å². The first-order valence-electron chi connectivity index (χ1n) is 6.04. The number of rotatable bonds is 2. The molecule has 0 spiro atoms. The number of benzene rings is 1. The molecule has 0 heterocycles. The molecule has 0 unspecified atom stereocenters. The Balaban J connectivity index is 2.41. The molecule has 1 saturated carbocycles. The molecule has 1 fully saturated rings. The summed E-state index contributed by atoms with van der Waals surface area (Å²) >= 11 is 5.91. The first-order chi connectivity index (χ1) is 8.06. The second kappa shape index (κ2) is 4.69. The van der Waals surface area contributed by atoms with Crippen molar-refractivity contribution in [3.8, 4) is 0 Å². The van der Waals surface area contributed by atoms with E-state index in [9.17, 15) is 4.79 Å². The van der Waals surface area contributed by atoms with Gasteiger partial charge in [0.2, 0.25) is 5.91 Å². The summed E-state index contributed by atoms with van der Waals surface area (Å²) in [5.74, 6) is 0.220. The van der Waals surface area contributed by atoms with Gasteiger partial charge in [0.25, 0.3) is 0 Å². The van der Waals surface area contributed by atoms with Crippen LogP contribution < -0.4 is 0 Å². The van der Waals surface area contributed by atoms with Gasteiger partial charge in [0.05, 0.1) is 5.41 Å². The van der Waals surface area contributed by atoms with Crippen LogP contribution in [0.4, 0.5) is 0 Å². The molecule has 1 aliphatic rings. The fraction of sp³-hybridized carbons (Fsp3) is 0.500. The molecule has 0 atom stereocenters. The van der Waals surface area contributed by atoms with Crippen molar-refractivity contribution >= 4 is 17.5 Å². The number of carbonyl (C=O) groups is 1. The van der Waals surface area contributed by atoms with E-state index in [1.807, 2.05) is 38.4 Å². The highest BCUT2D eigenvalue weighted by Crippen LogP contribution is 2.42. The molecule has 17 heavy (non-hydrogen) atoms. The van der Waals surface area contributed by atoms with Crippen molar-refractivity contribution in [2.75, 3.05) is 14.1 Å². The third kappa shape index (κ3) is 2.19. The van der Waals surface area contributed by atoms with Gasteiger partial charge in [-0.15, -0.1) is 0 Å². The molecule has 92 valence electrons. The van der Waals surface area contributed by atoms with E-state index < -0.39 is 0 Å². The number of hydrogen-bond donors (Lipinski definition) is 0. The van der Waals surface area contributed by atoms with Crippen LogP contribution in [0.3, 0.4) is 0 Å². The fourth-order valence-electron chi connectivity index (χ4n) is 2.80. The van der Waals surface area contributed by atoms with Crippen LogP contribution in [0.25, 0.3) is 0 Å². The Kier molecular flexibility index (Phi) is 3.43. The van der Waals surface area contributed by atoms with Gasteiger partial charge in [-0.25, -0.2) is 0 Å². The molecule has 1 aliphatic carbocycles. The number of halogens is 1. The summed E-state index contributed by atoms with van der Waals surface area (Å²) in [4.78, 5) is 14.2. The summed E-state index contributed by atoms with van der Waals surface area (Å²) in [6.07, 6.45) is 4.15. The summed E-state index contributed by atoms with van der Waals surface area (Å²) < 4.78 is 0. The minimum absolute atomic E-state index is 0.220. The lowest BCUT2D eigenvalue weighted by Crippen LogP contribution is -2.41. The summed E-state index contributed by atoms with van der Waals surface area (Å²) in [7, 11) is 3.66. The van der Waals surface area contributed by atoms with Crippen LogP contribution in [0.2, 0.25) is 5.02 Å². The molecule has 2 rings (SSSR count). The molecule has 0 radical (unpaired) electrons. The van der Waals surface area contributed by atoms with Crippen LogP contribution in [0.5, 0.6) is 0 Å². The zero-order valence-corrected chi connectivity index (χ0v) is 11.1. The van der Waals surface area contributed by atoms with Gasteiger partial charge >= 0.3 is 0 Å². The zero-order valence-electron chi connectivity index (χ0n) is 10.4. The van der Waals surface area contributed by atoms with E-state index in [-0.39, 0.29) is 11.3 Å². The van der Waals surface area contributed by atoms with E-state index >= 15 is 0 Å². The largest absolute Gasteiger partial charge is 0.348 e. The molecule has 0 aliphatic heterocycles. The Bertz CT molecular complexity index is 405. The lowest BCUT2D eigenvalue weighted by Gasteiger charge is -2.31. The SMILES string of the molecule is CN(C)C(=O)C1(c2ccc(Cl)cc2)CCCC1. The molecule has 0 N–H and O–H groups in total. The normalized spacial score (nSPS) is 18.1. The van der Waals surface area contributed by atoms with Crippen LogP contribution >= 0.6 is 11.6 Å². The monoisotopic (exact) mass is 251 g/mol. The standard InChI is InChI=1S/C14H18ClNO/c1-16(2)13(17)14(9-3-4-10-14)11-5-7-12(15)8-6-11/h5-8H,3-4,9-10H2,1-2H3. The lowest BCUT2D eigenvalue weighted by molar-refractivity contribution is -0.134. The number of hydrogen-bond acceptors (Lipinski definition) is 1. The number of amides is 1. The van der Waals surface area contributed by atoms with Crippen LogP contribution in [-0.4, -0.2) is 24.9 Å². The van der Waals surface area contributed by atoms with E-state index in [4.69, 9.17) is 11.6 Å². The summed E-state index contributed by atoms with van der Waals surface area (Å²) in [6.45, 7) is 0. The lowest BCUT2D eigenvalue weighted by atomic mass is 9.77. The average Bonchev–Trinajstić information content (AvgIpc) is 2.79. The predicted octanol–water partition coefficient (Wildman–Crippen LogP) is 3.24. The van der Waals surface area contributed by atoms with Crippen LogP contribution in [-0.2, 0) is 10.2 Å². The number of likely N-dealkylation sites (N-methyl/N-ethyl adjacent to an activating group) is 1. The van der Waals surface area contributed by atoms with Gasteiger partial charge in [-0.05, 0) is 30.5 Å². The first-order valence-corrected chi connectivity index (χ1v) is 6.42. The van der Waals surface area contributed by atoms with Gasteiger partial charge in [-0.2, -0.15) is 0 Å². The van der Waals surface area contributed by atoms with Crippen LogP contribution in [0, 0.1) is 0 Å². The fourth-order valence-corrected chi connectivity index (χ4v) is 2.93. The van der Waals surface area contributed by atoms with Crippen molar-refractivity contribution in [2.45, 2.75) is 31.1 Å². The van der Waals surface area contributed by atoms with Gasteiger partial charge in [0.15, 0.2) is 0 Å². The minimum atomic E-state index is -0.311. The predicted molar refractivity (Wildman–Crippen MR) is 70.3 cm³/mol. The Hall–Kier alpha value is -1.02. The summed E-state index contributed by atoms with van der Waals surface area (Å²) in [6, 6.07) is 7.74. The molecular formula is C14H18ClNO. The second-order valence-corrected chi connectivity index (χ2v) is 5.43. The zero-order chi connectivity index (χ0) is 12.5. The maximum atomic E-state index is 12.4. The molecule has 1 aromatic rings. The highest BCUT2D eigenvalue weighted by Gasteiger charge is 2.43. The third-order valence-electron chi connectivity index (χ3n) is 3.67. The van der Waals surface area contributed by atoms with Gasteiger partial charge in [-0.1, -0.05) is 36.6 Å². The van der Waals surface area contributed by atoms with Gasteiger partial charge in [-0.3, -0.25) is 4.79 Å². The molecule has 0 saturated heterocycles. The van der Waals surface area contributed by atoms with Crippen molar-refractivity contribution in [1.29, 1.82) is 0 Å². The van der Waals surface area contributed by atoms with Crippen molar-refractivity contribution in [2.24, 2.45) is 0 Å². The first kappa shape index (κ1) is 12.4. The van der Waals surface area contributed by atoms with E-state index in [0.717, 1.165) is 36.3 Å². The molecule has 3 heteroatoms. The maximum Gasteiger partial charge on any atom is 0.232 e. The molecule has 0 aromatic heterocycles. The molecule has 1 aromatic carbocycles. The highest BCUT2D eigenvalue weighted by atomic mass is 35.5. The van der Waals surface area contributed by atoms with Crippen LogP contribution in [0.1, 0.15) is 31.2 Å². The van der Waals surface area contributed by atoms with E-state index in [0.29, 0.717) is 0 Å². The second-order valence-electron chi connectivity index (χ2n) is 5.00. The molecule has 2 nitrogen and oxygen atoms in total. The van der Waals surface area contributed by atoms with Crippen molar-refractivity contribution in [3.63, 3.8) is 0 Å². The molecule has 1 amide bonds. The number of nitrogens with zero attached hydrogens (tertiary/aromatic N) is 1. The van der Waals surface area contributed by atoms with Gasteiger partial charge in [0, 0.05) is 19.1 Å². The summed E-state index contributed by atoms with van der Waals surface area (Å²) in [5, 5.41) is 0.721. The van der Waals surface area contributed by atoms with Crippen molar-refractivity contribution in [1.82, 2.24) is 4.90 Å². The van der Waals surface area contributed by atoms with Gasteiger partial charge < -0.3 is 4.90 Å². The summed E-state index contributed by atoms with van der Waals surface area (Å²) in [5.41, 5.74) is 0.798. The minimum Gasteiger partial charge on any atom is -0.348 e. The third-order valence-corrected chi connectivity index (χ3v) is 3.92. The highest BCUT2D eigenvalue weighted by molar-refractivity contribution is 6.30. The smallest absolute Gasteiger partial charge is 0.232 e. The van der Waals surface area contributed by atoms with E-state index in [1.165, 1.54) is 0 Å². The number of carbonyl (C=O) groups excluding carboxylic acids is 1. The van der Waals surface area contributed by atoms with Crippen LogP contribution in [0.15, 0.2) is 24.3 Å². The van der Waals surface area contributed by atoms with Crippen molar-refractivity contribution in [3.05, 3.63) is 34.9 Å². The quantitative estimate of drug-likeness (QED) is 0.790. The Labute approximate surface area is 108 Å². The molecular weight excluding hydrogens is 234 g/mol. The van der Waals surface area contributed by atoms with Crippen molar-refractivity contribution < 1.29 is 4.79 Å². The maximum absolute atomic E-state index is 12.4. The Morgan fingerprint density at radius 3 is 2.18 bits per heavy atom. The van der Waals surface area contributed by atoms with E-state index in [2.05, 4.69) is 0 Å². The molecule has 0 bridgehead atoms.